The fourth-order valence-corrected chi connectivity index (χ4v) is 3.13. The van der Waals surface area contributed by atoms with E-state index >= 15 is 0 Å². The molecule has 0 saturated heterocycles. The van der Waals surface area contributed by atoms with Crippen LogP contribution >= 0.6 is 0 Å². The Morgan fingerprint density at radius 2 is 1.97 bits per heavy atom. The van der Waals surface area contributed by atoms with Crippen molar-refractivity contribution < 1.29 is 14.3 Å². The molecule has 3 N–H and O–H groups in total. The molecule has 1 aromatic carbocycles. The average molecular weight is 416 g/mol. The number of aromatic amines is 1. The Balaban J connectivity index is 1.92. The molecule has 0 spiro atoms. The smallest absolute Gasteiger partial charge is 0.330 e. The van der Waals surface area contributed by atoms with Crippen molar-refractivity contribution in [3.63, 3.8) is 0 Å². The van der Waals surface area contributed by atoms with Crippen LogP contribution in [0.25, 0.3) is 0 Å². The van der Waals surface area contributed by atoms with Crippen molar-refractivity contribution in [3.05, 3.63) is 50.7 Å². The Morgan fingerprint density at radius 3 is 2.57 bits per heavy atom. The van der Waals surface area contributed by atoms with E-state index in [1.807, 2.05) is 6.92 Å². The molecule has 1 fully saturated rings. The standard InChI is InChI=1S/C21H28N4O5/c1-3-10-25-18(22)17(19(26)23-21(25)28)24(11-12-29-2)20(27)15-6-8-16(9-7-15)30-13-14-4-5-14/h6-9,14H,3-5,10-13,22H2,1-2H3,(H,23,26,28). The van der Waals surface area contributed by atoms with Crippen molar-refractivity contribution in [2.45, 2.75) is 32.7 Å². The first-order chi connectivity index (χ1) is 14.5. The van der Waals surface area contributed by atoms with Gasteiger partial charge in [-0.25, -0.2) is 4.79 Å². The van der Waals surface area contributed by atoms with Crippen LogP contribution in [0.15, 0.2) is 33.9 Å². The summed E-state index contributed by atoms with van der Waals surface area (Å²) in [6, 6.07) is 6.76. The number of rotatable bonds is 10. The minimum atomic E-state index is -0.710. The minimum Gasteiger partial charge on any atom is -0.493 e. The molecule has 1 saturated carbocycles. The molecular formula is C21H28N4O5. The van der Waals surface area contributed by atoms with Crippen molar-refractivity contribution in [2.75, 3.05) is 37.5 Å². The van der Waals surface area contributed by atoms with Gasteiger partial charge in [0.05, 0.1) is 13.2 Å². The summed E-state index contributed by atoms with van der Waals surface area (Å²) in [4.78, 5) is 41.4. The van der Waals surface area contributed by atoms with E-state index in [0.29, 0.717) is 36.8 Å². The number of aromatic nitrogens is 2. The van der Waals surface area contributed by atoms with Gasteiger partial charge in [-0.05, 0) is 49.4 Å². The SMILES string of the molecule is CCCn1c(N)c(N(CCOC)C(=O)c2ccc(OCC3CC3)cc2)c(=O)[nH]c1=O. The molecule has 1 aliphatic carbocycles. The van der Waals surface area contributed by atoms with E-state index in [4.69, 9.17) is 15.2 Å². The summed E-state index contributed by atoms with van der Waals surface area (Å²) < 4.78 is 12.1. The molecular weight excluding hydrogens is 388 g/mol. The second kappa shape index (κ2) is 9.62. The van der Waals surface area contributed by atoms with Crippen molar-refractivity contribution in [1.29, 1.82) is 0 Å². The zero-order valence-corrected chi connectivity index (χ0v) is 17.3. The van der Waals surface area contributed by atoms with Crippen molar-refractivity contribution in [3.8, 4) is 5.75 Å². The molecule has 1 aromatic heterocycles. The molecule has 9 heteroatoms. The zero-order chi connectivity index (χ0) is 21.7. The third-order valence-corrected chi connectivity index (χ3v) is 4.98. The topological polar surface area (TPSA) is 120 Å². The van der Waals surface area contributed by atoms with Gasteiger partial charge in [-0.1, -0.05) is 6.92 Å². The highest BCUT2D eigenvalue weighted by molar-refractivity contribution is 6.07. The van der Waals surface area contributed by atoms with Crippen LogP contribution in [0.5, 0.6) is 5.75 Å². The van der Waals surface area contributed by atoms with Crippen LogP contribution < -0.4 is 26.6 Å². The van der Waals surface area contributed by atoms with Gasteiger partial charge in [0.25, 0.3) is 11.5 Å². The van der Waals surface area contributed by atoms with Crippen LogP contribution in [0.2, 0.25) is 0 Å². The largest absolute Gasteiger partial charge is 0.493 e. The number of H-pyrrole nitrogens is 1. The summed E-state index contributed by atoms with van der Waals surface area (Å²) in [7, 11) is 1.50. The lowest BCUT2D eigenvalue weighted by molar-refractivity contribution is 0.0975. The minimum absolute atomic E-state index is 0.0422. The number of methoxy groups -OCH3 is 1. The van der Waals surface area contributed by atoms with E-state index in [1.54, 1.807) is 24.3 Å². The first kappa shape index (κ1) is 21.6. The third kappa shape index (κ3) is 4.91. The Bertz CT molecular complexity index is 992. The van der Waals surface area contributed by atoms with E-state index in [-0.39, 0.29) is 24.7 Å². The molecule has 0 aliphatic heterocycles. The monoisotopic (exact) mass is 416 g/mol. The normalized spacial score (nSPS) is 13.3. The van der Waals surface area contributed by atoms with E-state index in [2.05, 4.69) is 4.98 Å². The van der Waals surface area contributed by atoms with Crippen molar-refractivity contribution >= 4 is 17.4 Å². The molecule has 0 bridgehead atoms. The van der Waals surface area contributed by atoms with Gasteiger partial charge >= 0.3 is 5.69 Å². The van der Waals surface area contributed by atoms with Crippen molar-refractivity contribution in [2.24, 2.45) is 5.92 Å². The highest BCUT2D eigenvalue weighted by atomic mass is 16.5. The summed E-state index contributed by atoms with van der Waals surface area (Å²) in [5, 5.41) is 0. The van der Waals surface area contributed by atoms with E-state index in [0.717, 1.165) is 0 Å². The second-order valence-electron chi connectivity index (χ2n) is 7.37. The lowest BCUT2D eigenvalue weighted by Gasteiger charge is -2.24. The maximum Gasteiger partial charge on any atom is 0.330 e. The average Bonchev–Trinajstić information content (AvgIpc) is 3.56. The number of nitrogens with one attached hydrogen (secondary N) is 1. The van der Waals surface area contributed by atoms with Gasteiger partial charge < -0.3 is 15.2 Å². The summed E-state index contributed by atoms with van der Waals surface area (Å²) in [6.07, 6.45) is 3.03. The predicted octanol–water partition coefficient (Wildman–Crippen LogP) is 1.61. The molecule has 1 amide bonds. The molecule has 0 unspecified atom stereocenters. The van der Waals surface area contributed by atoms with E-state index in [9.17, 15) is 14.4 Å². The third-order valence-electron chi connectivity index (χ3n) is 4.98. The maximum atomic E-state index is 13.2. The molecule has 9 nitrogen and oxygen atoms in total. The van der Waals surface area contributed by atoms with E-state index < -0.39 is 17.2 Å². The number of benzene rings is 1. The number of nitrogens with zero attached hydrogens (tertiary/aromatic N) is 2. The van der Waals surface area contributed by atoms with Crippen LogP contribution in [0.4, 0.5) is 11.5 Å². The molecule has 3 rings (SSSR count). The summed E-state index contributed by atoms with van der Waals surface area (Å²) in [5.41, 5.74) is 5.15. The lowest BCUT2D eigenvalue weighted by atomic mass is 10.1. The Hall–Kier alpha value is -3.07. The van der Waals surface area contributed by atoms with Gasteiger partial charge in [0.2, 0.25) is 0 Å². The lowest BCUT2D eigenvalue weighted by Crippen LogP contribution is -2.42. The number of ether oxygens (including phenoxy) is 2. The second-order valence-corrected chi connectivity index (χ2v) is 7.37. The van der Waals surface area contributed by atoms with Crippen LogP contribution in [-0.4, -0.2) is 42.3 Å². The zero-order valence-electron chi connectivity index (χ0n) is 17.3. The van der Waals surface area contributed by atoms with Gasteiger partial charge in [-0.15, -0.1) is 0 Å². The fourth-order valence-electron chi connectivity index (χ4n) is 3.13. The first-order valence-corrected chi connectivity index (χ1v) is 10.1. The quantitative estimate of drug-likeness (QED) is 0.607. The number of carbonyl (C=O) groups excluding carboxylic acids is 1. The molecule has 2 aromatic rings. The number of anilines is 2. The van der Waals surface area contributed by atoms with Gasteiger partial charge in [0.15, 0.2) is 5.69 Å². The summed E-state index contributed by atoms with van der Waals surface area (Å²) in [5.74, 6) is 0.860. The molecule has 162 valence electrons. The number of nitrogen functional groups attached to an aromatic ring is 1. The highest BCUT2D eigenvalue weighted by Crippen LogP contribution is 2.29. The van der Waals surface area contributed by atoms with Crippen LogP contribution in [0.1, 0.15) is 36.5 Å². The summed E-state index contributed by atoms with van der Waals surface area (Å²) in [6.45, 7) is 3.19. The molecule has 0 atom stereocenters. The Morgan fingerprint density at radius 1 is 1.27 bits per heavy atom. The number of nitrogens with two attached hydrogens (primary N) is 1. The predicted molar refractivity (Wildman–Crippen MR) is 114 cm³/mol. The van der Waals surface area contributed by atoms with Gasteiger partial charge in [0, 0.05) is 25.8 Å². The Labute approximate surface area is 174 Å². The van der Waals surface area contributed by atoms with E-state index in [1.165, 1.54) is 29.4 Å². The summed E-state index contributed by atoms with van der Waals surface area (Å²) >= 11 is 0. The fraction of sp³-hybridized carbons (Fsp3) is 0.476. The molecule has 1 heterocycles. The number of amides is 1. The molecule has 30 heavy (non-hydrogen) atoms. The maximum absolute atomic E-state index is 13.2. The first-order valence-electron chi connectivity index (χ1n) is 10.1. The van der Waals surface area contributed by atoms with Gasteiger partial charge in [-0.2, -0.15) is 0 Å². The van der Waals surface area contributed by atoms with Gasteiger partial charge in [-0.3, -0.25) is 24.0 Å². The highest BCUT2D eigenvalue weighted by Gasteiger charge is 2.25. The Kier molecular flexibility index (Phi) is 6.94. The van der Waals surface area contributed by atoms with Crippen LogP contribution in [0.3, 0.4) is 0 Å². The number of carbonyl (C=O) groups is 1. The van der Waals surface area contributed by atoms with Crippen LogP contribution in [0, 0.1) is 5.92 Å². The molecule has 0 radical (unpaired) electrons. The number of hydrogen-bond acceptors (Lipinski definition) is 6. The van der Waals surface area contributed by atoms with Crippen molar-refractivity contribution in [1.82, 2.24) is 9.55 Å². The van der Waals surface area contributed by atoms with Gasteiger partial charge in [0.1, 0.15) is 11.6 Å². The van der Waals surface area contributed by atoms with Crippen LogP contribution in [-0.2, 0) is 11.3 Å². The number of hydrogen-bond donors (Lipinski definition) is 2. The molecule has 1 aliphatic rings.